The summed E-state index contributed by atoms with van der Waals surface area (Å²) in [4.78, 5) is 13.0. The average molecular weight is 529 g/mol. The SMILES string of the molecule is COc1ccc(OC)c(N(CC(=O)NCCCc2ccc(OC)c(OC)c2)S(=O)(=O)c2ccccc2)c1. The Morgan fingerprint density at radius 3 is 2.14 bits per heavy atom. The molecule has 0 heterocycles. The maximum absolute atomic E-state index is 13.6. The lowest BCUT2D eigenvalue weighted by Gasteiger charge is -2.26. The van der Waals surface area contributed by atoms with Crippen molar-refractivity contribution in [3.05, 3.63) is 72.3 Å². The van der Waals surface area contributed by atoms with E-state index in [9.17, 15) is 13.2 Å². The van der Waals surface area contributed by atoms with Gasteiger partial charge in [-0.1, -0.05) is 24.3 Å². The smallest absolute Gasteiger partial charge is 0.264 e. The number of rotatable bonds is 13. The van der Waals surface area contributed by atoms with Crippen molar-refractivity contribution in [1.82, 2.24) is 5.32 Å². The van der Waals surface area contributed by atoms with E-state index >= 15 is 0 Å². The number of nitrogens with zero attached hydrogens (tertiary/aromatic N) is 1. The van der Waals surface area contributed by atoms with Crippen LogP contribution in [0.2, 0.25) is 0 Å². The molecule has 0 saturated heterocycles. The molecule has 0 unspecified atom stereocenters. The highest BCUT2D eigenvalue weighted by Crippen LogP contribution is 2.35. The molecule has 37 heavy (non-hydrogen) atoms. The first-order valence-corrected chi connectivity index (χ1v) is 13.1. The van der Waals surface area contributed by atoms with Gasteiger partial charge in [-0.05, 0) is 54.8 Å². The molecular formula is C27H32N2O7S. The average Bonchev–Trinajstić information content (AvgIpc) is 2.93. The van der Waals surface area contributed by atoms with Gasteiger partial charge in [-0.2, -0.15) is 0 Å². The van der Waals surface area contributed by atoms with Crippen molar-refractivity contribution in [2.24, 2.45) is 0 Å². The molecule has 0 spiro atoms. The molecule has 10 heteroatoms. The monoisotopic (exact) mass is 528 g/mol. The van der Waals surface area contributed by atoms with E-state index in [2.05, 4.69) is 5.32 Å². The van der Waals surface area contributed by atoms with Crippen molar-refractivity contribution < 1.29 is 32.2 Å². The van der Waals surface area contributed by atoms with E-state index in [1.807, 2.05) is 18.2 Å². The van der Waals surface area contributed by atoms with Gasteiger partial charge in [0.25, 0.3) is 10.0 Å². The third-order valence-electron chi connectivity index (χ3n) is 5.69. The Kier molecular flexibility index (Phi) is 9.62. The zero-order valence-electron chi connectivity index (χ0n) is 21.4. The Labute approximate surface area is 218 Å². The number of nitrogens with one attached hydrogen (secondary N) is 1. The molecule has 1 N–H and O–H groups in total. The van der Waals surface area contributed by atoms with Gasteiger partial charge in [-0.25, -0.2) is 8.42 Å². The lowest BCUT2D eigenvalue weighted by Crippen LogP contribution is -2.41. The van der Waals surface area contributed by atoms with Gasteiger partial charge in [-0.3, -0.25) is 9.10 Å². The van der Waals surface area contributed by atoms with Crippen molar-refractivity contribution >= 4 is 21.6 Å². The van der Waals surface area contributed by atoms with Crippen LogP contribution in [0.4, 0.5) is 5.69 Å². The molecular weight excluding hydrogens is 496 g/mol. The fourth-order valence-corrected chi connectivity index (χ4v) is 5.20. The highest BCUT2D eigenvalue weighted by atomic mass is 32.2. The number of carbonyl (C=O) groups excluding carboxylic acids is 1. The summed E-state index contributed by atoms with van der Waals surface area (Å²) in [6.45, 7) is -0.0707. The van der Waals surface area contributed by atoms with Crippen LogP contribution in [0, 0.1) is 0 Å². The molecule has 0 aromatic heterocycles. The van der Waals surface area contributed by atoms with E-state index in [0.717, 1.165) is 9.87 Å². The van der Waals surface area contributed by atoms with E-state index < -0.39 is 22.5 Å². The molecule has 0 aliphatic heterocycles. The summed E-state index contributed by atoms with van der Waals surface area (Å²) < 4.78 is 49.5. The van der Waals surface area contributed by atoms with Crippen LogP contribution in [0.3, 0.4) is 0 Å². The number of amides is 1. The topological polar surface area (TPSA) is 103 Å². The molecule has 0 radical (unpaired) electrons. The second-order valence-electron chi connectivity index (χ2n) is 8.01. The minimum Gasteiger partial charge on any atom is -0.497 e. The third kappa shape index (κ3) is 6.85. The number of aryl methyl sites for hydroxylation is 1. The van der Waals surface area contributed by atoms with E-state index in [1.165, 1.54) is 32.4 Å². The number of benzene rings is 3. The van der Waals surface area contributed by atoms with Gasteiger partial charge in [0.05, 0.1) is 39.0 Å². The van der Waals surface area contributed by atoms with Crippen LogP contribution in [-0.2, 0) is 21.2 Å². The van der Waals surface area contributed by atoms with Crippen LogP contribution >= 0.6 is 0 Å². The first-order chi connectivity index (χ1) is 17.8. The molecule has 3 rings (SSSR count). The Bertz CT molecular complexity index is 1300. The minimum absolute atomic E-state index is 0.0566. The fourth-order valence-electron chi connectivity index (χ4n) is 3.75. The third-order valence-corrected chi connectivity index (χ3v) is 7.46. The molecule has 3 aromatic rings. The number of methoxy groups -OCH3 is 4. The van der Waals surface area contributed by atoms with Crippen molar-refractivity contribution in [1.29, 1.82) is 0 Å². The summed E-state index contributed by atoms with van der Waals surface area (Å²) in [7, 11) is 1.99. The number of hydrogen-bond acceptors (Lipinski definition) is 7. The summed E-state index contributed by atoms with van der Waals surface area (Å²) >= 11 is 0. The van der Waals surface area contributed by atoms with Crippen LogP contribution < -0.4 is 28.6 Å². The van der Waals surface area contributed by atoms with Gasteiger partial charge in [0.2, 0.25) is 5.91 Å². The Morgan fingerprint density at radius 1 is 0.811 bits per heavy atom. The highest BCUT2D eigenvalue weighted by Gasteiger charge is 2.29. The van der Waals surface area contributed by atoms with Gasteiger partial charge in [0.15, 0.2) is 11.5 Å². The van der Waals surface area contributed by atoms with Gasteiger partial charge in [0.1, 0.15) is 18.0 Å². The van der Waals surface area contributed by atoms with Gasteiger partial charge in [0, 0.05) is 12.6 Å². The first kappa shape index (κ1) is 27.7. The Morgan fingerprint density at radius 2 is 1.49 bits per heavy atom. The summed E-state index contributed by atoms with van der Waals surface area (Å²) in [6.07, 6.45) is 1.34. The molecule has 1 amide bonds. The Balaban J connectivity index is 1.75. The predicted molar refractivity (Wildman–Crippen MR) is 141 cm³/mol. The zero-order valence-corrected chi connectivity index (χ0v) is 22.2. The van der Waals surface area contributed by atoms with Crippen molar-refractivity contribution in [3.8, 4) is 23.0 Å². The molecule has 0 aliphatic rings. The van der Waals surface area contributed by atoms with E-state index in [1.54, 1.807) is 44.6 Å². The van der Waals surface area contributed by atoms with Crippen LogP contribution in [0.25, 0.3) is 0 Å². The van der Waals surface area contributed by atoms with Crippen LogP contribution in [0.15, 0.2) is 71.6 Å². The maximum atomic E-state index is 13.6. The highest BCUT2D eigenvalue weighted by molar-refractivity contribution is 7.92. The molecule has 9 nitrogen and oxygen atoms in total. The van der Waals surface area contributed by atoms with Crippen LogP contribution in [0.5, 0.6) is 23.0 Å². The summed E-state index contributed by atoms with van der Waals surface area (Å²) in [5.41, 5.74) is 1.23. The number of sulfonamides is 1. The standard InChI is InChI=1S/C27H32N2O7S/c1-33-21-13-15-24(34-2)23(18-21)29(37(31,32)22-10-6-5-7-11-22)19-27(30)28-16-8-9-20-12-14-25(35-3)26(17-20)36-4/h5-7,10-15,17-18H,8-9,16,19H2,1-4H3,(H,28,30). The normalized spacial score (nSPS) is 10.9. The zero-order chi connectivity index (χ0) is 26.8. The lowest BCUT2D eigenvalue weighted by molar-refractivity contribution is -0.119. The first-order valence-electron chi connectivity index (χ1n) is 11.6. The van der Waals surface area contributed by atoms with Gasteiger partial charge in [-0.15, -0.1) is 0 Å². The van der Waals surface area contributed by atoms with Crippen molar-refractivity contribution in [2.75, 3.05) is 45.8 Å². The second kappa shape index (κ2) is 12.9. The second-order valence-corrected chi connectivity index (χ2v) is 9.87. The number of anilines is 1. The maximum Gasteiger partial charge on any atom is 0.264 e. The summed E-state index contributed by atoms with van der Waals surface area (Å²) in [5, 5.41) is 2.82. The van der Waals surface area contributed by atoms with Crippen molar-refractivity contribution in [3.63, 3.8) is 0 Å². The van der Waals surface area contributed by atoms with Crippen LogP contribution in [-0.4, -0.2) is 55.9 Å². The largest absolute Gasteiger partial charge is 0.497 e. The molecule has 3 aromatic carbocycles. The fraction of sp³-hybridized carbons (Fsp3) is 0.296. The number of hydrogen-bond donors (Lipinski definition) is 1. The van der Waals surface area contributed by atoms with E-state index in [-0.39, 0.29) is 10.6 Å². The minimum atomic E-state index is -4.08. The molecule has 0 bridgehead atoms. The van der Waals surface area contributed by atoms with Gasteiger partial charge < -0.3 is 24.3 Å². The molecule has 0 fully saturated rings. The van der Waals surface area contributed by atoms with Crippen LogP contribution in [0.1, 0.15) is 12.0 Å². The molecule has 0 aliphatic carbocycles. The van der Waals surface area contributed by atoms with E-state index in [4.69, 9.17) is 18.9 Å². The number of carbonyl (C=O) groups is 1. The molecule has 0 atom stereocenters. The Hall–Kier alpha value is -3.92. The van der Waals surface area contributed by atoms with Gasteiger partial charge >= 0.3 is 0 Å². The van der Waals surface area contributed by atoms with E-state index in [0.29, 0.717) is 42.4 Å². The quantitative estimate of drug-likeness (QED) is 0.338. The number of ether oxygens (including phenoxy) is 4. The molecule has 0 saturated carbocycles. The predicted octanol–water partition coefficient (Wildman–Crippen LogP) is 3.67. The summed E-state index contributed by atoms with van der Waals surface area (Å²) in [6, 6.07) is 18.4. The summed E-state index contributed by atoms with van der Waals surface area (Å²) in [5.74, 6) is 1.56. The molecule has 198 valence electrons. The van der Waals surface area contributed by atoms with Crippen molar-refractivity contribution in [2.45, 2.75) is 17.7 Å². The lowest BCUT2D eigenvalue weighted by atomic mass is 10.1.